The van der Waals surface area contributed by atoms with E-state index in [1.54, 1.807) is 6.92 Å². The maximum atomic E-state index is 12.5. The predicted octanol–water partition coefficient (Wildman–Crippen LogP) is -0.514. The largest absolute Gasteiger partial charge is 0.466 e. The van der Waals surface area contributed by atoms with Crippen LogP contribution < -0.4 is 5.32 Å². The van der Waals surface area contributed by atoms with Crippen molar-refractivity contribution in [2.75, 3.05) is 27.4 Å². The van der Waals surface area contributed by atoms with Gasteiger partial charge in [0.1, 0.15) is 0 Å². The number of nitrogens with one attached hydrogen (secondary N) is 1. The molecule has 0 saturated carbocycles. The molecule has 0 aromatic rings. The highest BCUT2D eigenvalue weighted by Crippen LogP contribution is 2.51. The molecule has 0 bridgehead atoms. The number of ether oxygens (including phenoxy) is 4. The summed E-state index contributed by atoms with van der Waals surface area (Å²) in [5.74, 6) is -3.89. The molecule has 1 N–H and O–H groups in total. The van der Waals surface area contributed by atoms with E-state index in [0.717, 1.165) is 6.08 Å². The van der Waals surface area contributed by atoms with E-state index in [2.05, 4.69) is 10.1 Å². The number of carbonyl (C=O) groups excluding carboxylic acids is 3. The van der Waals surface area contributed by atoms with Crippen molar-refractivity contribution in [3.05, 3.63) is 11.6 Å². The predicted molar refractivity (Wildman–Crippen MR) is 67.6 cm³/mol. The Bertz CT molecular complexity index is 515. The van der Waals surface area contributed by atoms with E-state index in [-0.39, 0.29) is 25.2 Å². The highest BCUT2D eigenvalue weighted by molar-refractivity contribution is 6.07. The molecular weight excluding hydrogens is 282 g/mol. The molecule has 0 aromatic carbocycles. The lowest BCUT2D eigenvalue weighted by Crippen LogP contribution is -2.66. The molecule has 21 heavy (non-hydrogen) atoms. The van der Waals surface area contributed by atoms with Gasteiger partial charge in [-0.2, -0.15) is 0 Å². The Morgan fingerprint density at radius 3 is 2.71 bits per heavy atom. The van der Waals surface area contributed by atoms with Crippen LogP contribution in [0, 0.1) is 5.41 Å². The Morgan fingerprint density at radius 1 is 1.43 bits per heavy atom. The minimum Gasteiger partial charge on any atom is -0.466 e. The number of esters is 2. The second-order valence-corrected chi connectivity index (χ2v) is 4.58. The fourth-order valence-corrected chi connectivity index (χ4v) is 2.77. The van der Waals surface area contributed by atoms with E-state index < -0.39 is 29.2 Å². The summed E-state index contributed by atoms with van der Waals surface area (Å²) in [6.07, 6.45) is 1.15. The van der Waals surface area contributed by atoms with E-state index in [1.165, 1.54) is 14.2 Å². The molecule has 0 aromatic heterocycles. The number of amides is 1. The molecule has 8 nitrogen and oxygen atoms in total. The minimum absolute atomic E-state index is 0.112. The highest BCUT2D eigenvalue weighted by Gasteiger charge is 2.69. The molecule has 0 radical (unpaired) electrons. The first-order valence-electron chi connectivity index (χ1n) is 6.46. The second kappa shape index (κ2) is 5.45. The maximum Gasteiger partial charge on any atom is 0.335 e. The van der Waals surface area contributed by atoms with E-state index in [4.69, 9.17) is 14.2 Å². The number of fused-ring (bicyclic) bond motifs is 1. The van der Waals surface area contributed by atoms with Crippen molar-refractivity contribution < 1.29 is 33.3 Å². The third kappa shape index (κ3) is 2.02. The van der Waals surface area contributed by atoms with Gasteiger partial charge in [0.2, 0.25) is 5.91 Å². The molecule has 2 rings (SSSR count). The lowest BCUT2D eigenvalue weighted by molar-refractivity contribution is -0.258. The third-order valence-electron chi connectivity index (χ3n) is 3.68. The summed E-state index contributed by atoms with van der Waals surface area (Å²) < 4.78 is 20.5. The normalized spacial score (nSPS) is 31.0. The quantitative estimate of drug-likeness (QED) is 0.697. The van der Waals surface area contributed by atoms with Gasteiger partial charge in [0.25, 0.3) is 5.91 Å². The van der Waals surface area contributed by atoms with E-state index >= 15 is 0 Å². The van der Waals surface area contributed by atoms with Crippen molar-refractivity contribution in [3.63, 3.8) is 0 Å². The van der Waals surface area contributed by atoms with Crippen molar-refractivity contribution in [2.45, 2.75) is 19.3 Å². The lowest BCUT2D eigenvalue weighted by Gasteiger charge is -2.43. The van der Waals surface area contributed by atoms with Gasteiger partial charge in [-0.1, -0.05) is 0 Å². The summed E-state index contributed by atoms with van der Waals surface area (Å²) in [4.78, 5) is 36.4. The summed E-state index contributed by atoms with van der Waals surface area (Å²) in [5.41, 5.74) is -1.72. The maximum absolute atomic E-state index is 12.5. The average molecular weight is 299 g/mol. The lowest BCUT2D eigenvalue weighted by atomic mass is 9.72. The summed E-state index contributed by atoms with van der Waals surface area (Å²) in [5, 5.41) is 2.46. The van der Waals surface area contributed by atoms with Crippen LogP contribution in [0.1, 0.15) is 13.3 Å². The van der Waals surface area contributed by atoms with E-state index in [0.29, 0.717) is 0 Å². The molecule has 8 heteroatoms. The smallest absolute Gasteiger partial charge is 0.335 e. The molecule has 1 amide bonds. The summed E-state index contributed by atoms with van der Waals surface area (Å²) in [6, 6.07) is 0. The number of hydrogen-bond donors (Lipinski definition) is 1. The minimum atomic E-state index is -1.77. The first-order chi connectivity index (χ1) is 9.97. The van der Waals surface area contributed by atoms with Crippen molar-refractivity contribution in [1.29, 1.82) is 0 Å². The molecule has 0 spiro atoms. The molecule has 2 atom stereocenters. The SMILES string of the molecule is CCOC(=O)C12CCOC1(OC)NC(=O)C=C2C(=O)OC. The molecule has 1 fully saturated rings. The van der Waals surface area contributed by atoms with Crippen LogP contribution in [0.15, 0.2) is 11.6 Å². The second-order valence-electron chi connectivity index (χ2n) is 4.58. The monoisotopic (exact) mass is 299 g/mol. The van der Waals surface area contributed by atoms with Gasteiger partial charge in [-0.05, 0) is 13.3 Å². The molecule has 116 valence electrons. The molecular formula is C13H17NO7. The van der Waals surface area contributed by atoms with Crippen LogP contribution in [0.25, 0.3) is 0 Å². The Labute approximate surface area is 121 Å². The zero-order chi connectivity index (χ0) is 15.7. The van der Waals surface area contributed by atoms with Crippen molar-refractivity contribution in [1.82, 2.24) is 5.32 Å². The number of hydrogen-bond acceptors (Lipinski definition) is 7. The Morgan fingerprint density at radius 2 is 2.14 bits per heavy atom. The number of methoxy groups -OCH3 is 2. The van der Waals surface area contributed by atoms with Gasteiger partial charge in [-0.3, -0.25) is 9.59 Å². The van der Waals surface area contributed by atoms with Gasteiger partial charge in [0.05, 0.1) is 25.9 Å². The number of carbonyl (C=O) groups is 3. The Hall–Kier alpha value is -1.93. The van der Waals surface area contributed by atoms with Crippen LogP contribution in [0.2, 0.25) is 0 Å². The summed E-state index contributed by atoms with van der Waals surface area (Å²) in [6.45, 7) is 1.87. The zero-order valence-electron chi connectivity index (χ0n) is 12.1. The van der Waals surface area contributed by atoms with Crippen LogP contribution in [0.3, 0.4) is 0 Å². The van der Waals surface area contributed by atoms with Crippen molar-refractivity contribution in [2.24, 2.45) is 5.41 Å². The van der Waals surface area contributed by atoms with Crippen molar-refractivity contribution in [3.8, 4) is 0 Å². The molecule has 0 aliphatic carbocycles. The zero-order valence-corrected chi connectivity index (χ0v) is 12.1. The van der Waals surface area contributed by atoms with E-state index in [1.807, 2.05) is 0 Å². The standard InChI is InChI=1S/C13H17NO7/c1-4-20-11(17)12-5-6-21-13(12,19-3)14-9(15)7-8(12)10(16)18-2/h7H,4-6H2,1-3H3,(H,14,15). The topological polar surface area (TPSA) is 100 Å². The first-order valence-corrected chi connectivity index (χ1v) is 6.46. The number of rotatable bonds is 4. The molecule has 2 heterocycles. The highest BCUT2D eigenvalue weighted by atomic mass is 16.7. The Balaban J connectivity index is 2.64. The van der Waals surface area contributed by atoms with E-state index in [9.17, 15) is 14.4 Å². The average Bonchev–Trinajstić information content (AvgIpc) is 2.86. The first kappa shape index (κ1) is 15.5. The van der Waals surface area contributed by atoms with Gasteiger partial charge in [-0.25, -0.2) is 4.79 Å². The van der Waals surface area contributed by atoms with Crippen molar-refractivity contribution >= 4 is 17.8 Å². The Kier molecular flexibility index (Phi) is 4.02. The molecule has 2 unspecified atom stereocenters. The van der Waals surface area contributed by atoms with Gasteiger partial charge in [-0.15, -0.1) is 0 Å². The van der Waals surface area contributed by atoms with Crippen LogP contribution in [-0.2, 0) is 33.3 Å². The van der Waals surface area contributed by atoms with Gasteiger partial charge >= 0.3 is 11.9 Å². The van der Waals surface area contributed by atoms with Crippen LogP contribution in [0.4, 0.5) is 0 Å². The summed E-state index contributed by atoms with van der Waals surface area (Å²) >= 11 is 0. The van der Waals surface area contributed by atoms with Gasteiger partial charge in [0, 0.05) is 13.2 Å². The van der Waals surface area contributed by atoms with Crippen LogP contribution in [-0.4, -0.2) is 51.2 Å². The fourth-order valence-electron chi connectivity index (χ4n) is 2.77. The van der Waals surface area contributed by atoms with Crippen LogP contribution in [0.5, 0.6) is 0 Å². The molecule has 2 aliphatic rings. The van der Waals surface area contributed by atoms with Gasteiger partial charge < -0.3 is 24.3 Å². The molecule has 2 aliphatic heterocycles. The van der Waals surface area contributed by atoms with Gasteiger partial charge in [0.15, 0.2) is 5.41 Å². The third-order valence-corrected chi connectivity index (χ3v) is 3.68. The fraction of sp³-hybridized carbons (Fsp3) is 0.615. The summed E-state index contributed by atoms with van der Waals surface area (Å²) in [7, 11) is 2.44. The van der Waals surface area contributed by atoms with Crippen LogP contribution >= 0.6 is 0 Å². The molecule has 1 saturated heterocycles.